The fraction of sp³-hybridized carbons (Fsp3) is 0.679. The van der Waals surface area contributed by atoms with Crippen molar-refractivity contribution in [3.05, 3.63) is 51.5 Å². The molecular weight excluding hydrogens is 430 g/mol. The third kappa shape index (κ3) is 5.37. The zero-order chi connectivity index (χ0) is 23.6. The number of aliphatic hydroxyl groups excluding tert-OH is 3. The summed E-state index contributed by atoms with van der Waals surface area (Å²) in [6.45, 7) is 6.92. The van der Waals surface area contributed by atoms with Crippen molar-refractivity contribution in [2.75, 3.05) is 0 Å². The summed E-state index contributed by atoms with van der Waals surface area (Å²) in [6, 6.07) is 0. The molecule has 1 fully saturated rings. The summed E-state index contributed by atoms with van der Waals surface area (Å²) >= 11 is 1.54. The first-order valence-electron chi connectivity index (χ1n) is 12.8. The number of hydrogen-bond donors (Lipinski definition) is 3. The van der Waals surface area contributed by atoms with Crippen molar-refractivity contribution < 1.29 is 15.3 Å². The van der Waals surface area contributed by atoms with Gasteiger partial charge in [0.2, 0.25) is 0 Å². The summed E-state index contributed by atoms with van der Waals surface area (Å²) in [7, 11) is 0. The molecule has 33 heavy (non-hydrogen) atoms. The lowest BCUT2D eigenvalue weighted by molar-refractivity contribution is 0.0878. The van der Waals surface area contributed by atoms with Gasteiger partial charge < -0.3 is 15.3 Å². The molecule has 7 atom stereocenters. The number of allylic oxidation sites excluding steroid dienone is 4. The first kappa shape index (κ1) is 24.8. The molecule has 4 nitrogen and oxygen atoms in total. The van der Waals surface area contributed by atoms with E-state index in [-0.39, 0.29) is 0 Å². The van der Waals surface area contributed by atoms with Crippen molar-refractivity contribution in [2.45, 2.75) is 96.9 Å². The minimum Gasteiger partial charge on any atom is -0.393 e. The van der Waals surface area contributed by atoms with Crippen LogP contribution in [0.2, 0.25) is 0 Å². The molecule has 0 unspecified atom stereocenters. The predicted molar refractivity (Wildman–Crippen MR) is 135 cm³/mol. The van der Waals surface area contributed by atoms with Gasteiger partial charge in [-0.1, -0.05) is 44.9 Å². The van der Waals surface area contributed by atoms with Crippen molar-refractivity contribution in [3.63, 3.8) is 0 Å². The summed E-state index contributed by atoms with van der Waals surface area (Å²) < 4.78 is 0. The normalized spacial score (nSPS) is 34.4. The lowest BCUT2D eigenvalue weighted by Crippen LogP contribution is -2.35. The molecule has 0 aromatic carbocycles. The van der Waals surface area contributed by atoms with Crippen LogP contribution in [0.3, 0.4) is 0 Å². The van der Waals surface area contributed by atoms with Gasteiger partial charge in [-0.05, 0) is 85.3 Å². The van der Waals surface area contributed by atoms with Crippen LogP contribution in [-0.4, -0.2) is 32.5 Å². The predicted octanol–water partition coefficient (Wildman–Crippen LogP) is 6.12. The van der Waals surface area contributed by atoms with Crippen LogP contribution >= 0.6 is 11.3 Å². The van der Waals surface area contributed by atoms with E-state index in [1.807, 2.05) is 12.3 Å². The van der Waals surface area contributed by atoms with Gasteiger partial charge in [0.05, 0.1) is 12.2 Å². The van der Waals surface area contributed by atoms with Crippen molar-refractivity contribution in [3.8, 4) is 0 Å². The molecule has 1 heterocycles. The monoisotopic (exact) mass is 471 g/mol. The Kier molecular flexibility index (Phi) is 7.95. The molecule has 5 heteroatoms. The molecular formula is C28H41NO3S. The molecule has 0 aliphatic heterocycles. The molecule has 0 bridgehead atoms. The highest BCUT2D eigenvalue weighted by molar-refractivity contribution is 7.09. The second-order valence-electron chi connectivity index (χ2n) is 10.9. The standard InChI is InChI=1S/C28H41NO3S/c1-18(6-4-8-25(31)27-29-14-15-33-27)23-11-12-24-20(7-5-13-28(23,24)3)9-10-21-16-22(30)17-26(32)19(21)2/h7,9-10,14-15,18,22-26,30-32H,4-6,8,11-13,16-17H2,1-3H3/t18-,22-,23-,24+,25+,26+,28-/m1/s1. The van der Waals surface area contributed by atoms with Crippen molar-refractivity contribution >= 4 is 11.3 Å². The minimum absolute atomic E-state index is 0.330. The topological polar surface area (TPSA) is 73.6 Å². The fourth-order valence-corrected chi connectivity index (χ4v) is 7.54. The molecule has 1 saturated carbocycles. The minimum atomic E-state index is -0.523. The molecule has 3 N–H and O–H groups in total. The van der Waals surface area contributed by atoms with E-state index in [0.717, 1.165) is 47.8 Å². The highest BCUT2D eigenvalue weighted by Crippen LogP contribution is 2.58. The maximum Gasteiger partial charge on any atom is 0.121 e. The summed E-state index contributed by atoms with van der Waals surface area (Å²) in [4.78, 5) is 4.25. The Morgan fingerprint density at radius 2 is 2.06 bits per heavy atom. The summed E-state index contributed by atoms with van der Waals surface area (Å²) in [6.07, 6.45) is 16.2. The summed E-state index contributed by atoms with van der Waals surface area (Å²) in [5.74, 6) is 1.96. The van der Waals surface area contributed by atoms with Crippen LogP contribution in [0.25, 0.3) is 0 Å². The summed E-state index contributed by atoms with van der Waals surface area (Å²) in [5, 5.41) is 33.5. The third-order valence-corrected chi connectivity index (χ3v) is 9.75. The quantitative estimate of drug-likeness (QED) is 0.427. The summed E-state index contributed by atoms with van der Waals surface area (Å²) in [5.41, 5.74) is 3.88. The van der Waals surface area contributed by atoms with Crippen molar-refractivity contribution in [1.82, 2.24) is 4.98 Å². The second kappa shape index (κ2) is 10.6. The average molecular weight is 472 g/mol. The van der Waals surface area contributed by atoms with Gasteiger partial charge in [0.1, 0.15) is 11.1 Å². The van der Waals surface area contributed by atoms with Crippen LogP contribution in [0, 0.1) is 23.2 Å². The van der Waals surface area contributed by atoms with Gasteiger partial charge in [-0.15, -0.1) is 11.3 Å². The Morgan fingerprint density at radius 1 is 1.24 bits per heavy atom. The van der Waals surface area contributed by atoms with Crippen molar-refractivity contribution in [2.24, 2.45) is 23.2 Å². The van der Waals surface area contributed by atoms with Crippen LogP contribution in [0.1, 0.15) is 89.7 Å². The Bertz CT molecular complexity index is 889. The van der Waals surface area contributed by atoms with Crippen LogP contribution in [0.4, 0.5) is 0 Å². The van der Waals surface area contributed by atoms with Crippen LogP contribution < -0.4 is 0 Å². The van der Waals surface area contributed by atoms with Gasteiger partial charge in [-0.2, -0.15) is 0 Å². The number of hydrogen-bond acceptors (Lipinski definition) is 5. The second-order valence-corrected chi connectivity index (χ2v) is 11.9. The molecule has 3 aliphatic rings. The van der Waals surface area contributed by atoms with E-state index in [9.17, 15) is 15.3 Å². The van der Waals surface area contributed by atoms with Gasteiger partial charge in [-0.3, -0.25) is 0 Å². The number of fused-ring (bicyclic) bond motifs is 1. The zero-order valence-electron chi connectivity index (χ0n) is 20.4. The molecule has 1 aromatic rings. The molecule has 0 saturated heterocycles. The van der Waals surface area contributed by atoms with E-state index in [2.05, 4.69) is 37.1 Å². The molecule has 0 amide bonds. The van der Waals surface area contributed by atoms with Crippen LogP contribution in [-0.2, 0) is 0 Å². The van der Waals surface area contributed by atoms with E-state index in [4.69, 9.17) is 0 Å². The Hall–Kier alpha value is -1.27. The fourth-order valence-electron chi connectivity index (χ4n) is 6.88. The lowest BCUT2D eigenvalue weighted by atomic mass is 9.62. The molecule has 182 valence electrons. The highest BCUT2D eigenvalue weighted by atomic mass is 32.1. The van der Waals surface area contributed by atoms with E-state index >= 15 is 0 Å². The first-order chi connectivity index (χ1) is 15.8. The van der Waals surface area contributed by atoms with E-state index in [1.165, 1.54) is 36.2 Å². The molecule has 0 radical (unpaired) electrons. The molecule has 0 spiro atoms. The Morgan fingerprint density at radius 3 is 2.82 bits per heavy atom. The SMILES string of the molecule is CC1=C(C=CC2=CCC[C@]3(C)[C@@H]([C@H](C)CCC[C@H](O)c4nccs4)CC[C@@H]23)C[C@@H](O)C[C@@H]1O. The third-order valence-electron chi connectivity index (χ3n) is 8.87. The maximum atomic E-state index is 10.4. The number of aromatic nitrogens is 1. The van der Waals surface area contributed by atoms with Gasteiger partial charge in [0, 0.05) is 18.0 Å². The van der Waals surface area contributed by atoms with Gasteiger partial charge in [0.25, 0.3) is 0 Å². The smallest absolute Gasteiger partial charge is 0.121 e. The van der Waals surface area contributed by atoms with Crippen molar-refractivity contribution in [1.29, 1.82) is 0 Å². The highest BCUT2D eigenvalue weighted by Gasteiger charge is 2.49. The van der Waals surface area contributed by atoms with E-state index in [1.54, 1.807) is 6.20 Å². The average Bonchev–Trinajstić information content (AvgIpc) is 3.43. The molecule has 3 aliphatic carbocycles. The maximum absolute atomic E-state index is 10.4. The molecule has 1 aromatic heterocycles. The van der Waals surface area contributed by atoms with E-state index in [0.29, 0.717) is 30.1 Å². The lowest BCUT2D eigenvalue weighted by Gasteiger charge is -2.43. The van der Waals surface area contributed by atoms with Crippen LogP contribution in [0.15, 0.2) is 46.5 Å². The Labute approximate surface area is 203 Å². The number of aliphatic hydroxyl groups is 3. The number of thiazole rings is 1. The molecule has 4 rings (SSSR count). The van der Waals surface area contributed by atoms with Gasteiger partial charge in [-0.25, -0.2) is 4.98 Å². The van der Waals surface area contributed by atoms with E-state index < -0.39 is 18.3 Å². The first-order valence-corrected chi connectivity index (χ1v) is 13.7. The zero-order valence-corrected chi connectivity index (χ0v) is 21.2. The number of nitrogens with zero attached hydrogens (tertiary/aromatic N) is 1. The largest absolute Gasteiger partial charge is 0.393 e. The Balaban J connectivity index is 1.37. The van der Waals surface area contributed by atoms with Gasteiger partial charge in [0.15, 0.2) is 0 Å². The van der Waals surface area contributed by atoms with Gasteiger partial charge >= 0.3 is 0 Å². The number of rotatable bonds is 8. The van der Waals surface area contributed by atoms with Crippen LogP contribution in [0.5, 0.6) is 0 Å².